The molecule has 0 radical (unpaired) electrons. The maximum atomic E-state index is 11.9. The van der Waals surface area contributed by atoms with Crippen molar-refractivity contribution in [2.45, 2.75) is 49.4 Å². The first kappa shape index (κ1) is 12.7. The van der Waals surface area contributed by atoms with Gasteiger partial charge in [0.25, 0.3) is 0 Å². The average Bonchev–Trinajstić information content (AvgIpc) is 2.89. The van der Waals surface area contributed by atoms with Crippen LogP contribution in [-0.2, 0) is 9.84 Å². The van der Waals surface area contributed by atoms with Crippen LogP contribution < -0.4 is 5.32 Å². The molecule has 2 fully saturated rings. The van der Waals surface area contributed by atoms with Gasteiger partial charge in [-0.05, 0) is 32.1 Å². The third-order valence-electron chi connectivity index (χ3n) is 3.69. The summed E-state index contributed by atoms with van der Waals surface area (Å²) in [6.07, 6.45) is 5.68. The number of carbonyl (C=O) groups is 1. The molecule has 2 amide bonds. The molecule has 17 heavy (non-hydrogen) atoms. The number of rotatable bonds is 3. The minimum Gasteiger partial charge on any atom is -0.335 e. The standard InChI is InChI=1S/C11H20N2O3S/c1-13(11(14)12-8-6-7-8)9-4-3-5-10(9)17(2,15)16/h8-10H,3-7H2,1-2H3,(H,12,14). The van der Waals surface area contributed by atoms with Gasteiger partial charge in [0.15, 0.2) is 9.84 Å². The van der Waals surface area contributed by atoms with E-state index in [1.165, 1.54) is 6.26 Å². The summed E-state index contributed by atoms with van der Waals surface area (Å²) in [5.41, 5.74) is 0. The van der Waals surface area contributed by atoms with Crippen LogP contribution in [0, 0.1) is 0 Å². The summed E-state index contributed by atoms with van der Waals surface area (Å²) in [5.74, 6) is 0. The Morgan fingerprint density at radius 1 is 1.24 bits per heavy atom. The Bertz CT molecular complexity index is 403. The Morgan fingerprint density at radius 2 is 1.88 bits per heavy atom. The van der Waals surface area contributed by atoms with E-state index in [2.05, 4.69) is 5.32 Å². The van der Waals surface area contributed by atoms with Gasteiger partial charge in [0.05, 0.1) is 5.25 Å². The molecular weight excluding hydrogens is 240 g/mol. The zero-order valence-electron chi connectivity index (χ0n) is 10.3. The van der Waals surface area contributed by atoms with Crippen molar-refractivity contribution in [2.75, 3.05) is 13.3 Å². The molecule has 2 aliphatic rings. The van der Waals surface area contributed by atoms with Crippen LogP contribution in [-0.4, -0.2) is 50.0 Å². The zero-order valence-corrected chi connectivity index (χ0v) is 11.2. The highest BCUT2D eigenvalue weighted by Crippen LogP contribution is 2.29. The second-order valence-electron chi connectivity index (χ2n) is 5.20. The van der Waals surface area contributed by atoms with Gasteiger partial charge < -0.3 is 10.2 Å². The van der Waals surface area contributed by atoms with Gasteiger partial charge >= 0.3 is 6.03 Å². The van der Waals surface area contributed by atoms with Crippen LogP contribution in [0.25, 0.3) is 0 Å². The van der Waals surface area contributed by atoms with Gasteiger partial charge in [0, 0.05) is 25.4 Å². The highest BCUT2D eigenvalue weighted by molar-refractivity contribution is 7.91. The number of urea groups is 1. The van der Waals surface area contributed by atoms with Crippen LogP contribution in [0.4, 0.5) is 4.79 Å². The lowest BCUT2D eigenvalue weighted by molar-refractivity contribution is 0.191. The Labute approximate surface area is 102 Å². The monoisotopic (exact) mass is 260 g/mol. The number of hydrogen-bond acceptors (Lipinski definition) is 3. The smallest absolute Gasteiger partial charge is 0.317 e. The van der Waals surface area contributed by atoms with Crippen LogP contribution in [0.3, 0.4) is 0 Å². The molecule has 0 aromatic rings. The number of carbonyl (C=O) groups excluding carboxylic acids is 1. The van der Waals surface area contributed by atoms with Gasteiger partial charge in [-0.25, -0.2) is 13.2 Å². The lowest BCUT2D eigenvalue weighted by Crippen LogP contribution is -2.49. The van der Waals surface area contributed by atoms with E-state index in [0.717, 1.165) is 25.7 Å². The molecule has 0 spiro atoms. The van der Waals surface area contributed by atoms with Crippen LogP contribution in [0.15, 0.2) is 0 Å². The second-order valence-corrected chi connectivity index (χ2v) is 7.47. The Balaban J connectivity index is 2.01. The molecule has 98 valence electrons. The summed E-state index contributed by atoms with van der Waals surface area (Å²) >= 11 is 0. The fourth-order valence-electron chi connectivity index (χ4n) is 2.50. The summed E-state index contributed by atoms with van der Waals surface area (Å²) < 4.78 is 23.3. The van der Waals surface area contributed by atoms with Crippen molar-refractivity contribution in [1.82, 2.24) is 10.2 Å². The maximum Gasteiger partial charge on any atom is 0.317 e. The summed E-state index contributed by atoms with van der Waals surface area (Å²) in [5, 5.41) is 2.50. The van der Waals surface area contributed by atoms with E-state index >= 15 is 0 Å². The molecule has 0 aromatic heterocycles. The molecule has 2 aliphatic carbocycles. The van der Waals surface area contributed by atoms with E-state index in [9.17, 15) is 13.2 Å². The molecule has 5 nitrogen and oxygen atoms in total. The fourth-order valence-corrected chi connectivity index (χ4v) is 3.99. The molecule has 0 aliphatic heterocycles. The first-order valence-electron chi connectivity index (χ1n) is 6.12. The maximum absolute atomic E-state index is 11.9. The van der Waals surface area contributed by atoms with Gasteiger partial charge in [-0.3, -0.25) is 0 Å². The number of nitrogens with one attached hydrogen (secondary N) is 1. The van der Waals surface area contributed by atoms with Gasteiger partial charge in [-0.1, -0.05) is 0 Å². The molecule has 2 unspecified atom stereocenters. The summed E-state index contributed by atoms with van der Waals surface area (Å²) in [6, 6.07) is 0.0137. The number of sulfone groups is 1. The van der Waals surface area contributed by atoms with Gasteiger partial charge in [0.2, 0.25) is 0 Å². The van der Waals surface area contributed by atoms with E-state index < -0.39 is 15.1 Å². The molecule has 0 bridgehead atoms. The zero-order chi connectivity index (χ0) is 12.6. The number of amides is 2. The van der Waals surface area contributed by atoms with Crippen molar-refractivity contribution >= 4 is 15.9 Å². The van der Waals surface area contributed by atoms with E-state index in [4.69, 9.17) is 0 Å². The lowest BCUT2D eigenvalue weighted by Gasteiger charge is -2.29. The summed E-state index contributed by atoms with van der Waals surface area (Å²) in [4.78, 5) is 13.5. The Hall–Kier alpha value is -0.780. The lowest BCUT2D eigenvalue weighted by atomic mass is 10.2. The first-order chi connectivity index (χ1) is 7.89. The first-order valence-corrected chi connectivity index (χ1v) is 8.07. The predicted molar refractivity (Wildman–Crippen MR) is 65.6 cm³/mol. The normalized spacial score (nSPS) is 29.1. The van der Waals surface area contributed by atoms with Crippen LogP contribution in [0.5, 0.6) is 0 Å². The topological polar surface area (TPSA) is 66.5 Å². The summed E-state index contributed by atoms with van der Waals surface area (Å²) in [7, 11) is -1.36. The van der Waals surface area contributed by atoms with E-state index in [1.54, 1.807) is 11.9 Å². The third kappa shape index (κ3) is 2.91. The molecule has 0 saturated heterocycles. The largest absolute Gasteiger partial charge is 0.335 e. The summed E-state index contributed by atoms with van der Waals surface area (Å²) in [6.45, 7) is 0. The van der Waals surface area contributed by atoms with E-state index in [-0.39, 0.29) is 12.1 Å². The fraction of sp³-hybridized carbons (Fsp3) is 0.909. The van der Waals surface area contributed by atoms with Gasteiger partial charge in [0.1, 0.15) is 0 Å². The number of nitrogens with zero attached hydrogens (tertiary/aromatic N) is 1. The Kier molecular flexibility index (Phi) is 3.34. The molecule has 2 saturated carbocycles. The molecule has 1 N–H and O–H groups in total. The van der Waals surface area contributed by atoms with Crippen molar-refractivity contribution in [3.63, 3.8) is 0 Å². The van der Waals surface area contributed by atoms with Crippen LogP contribution in [0.2, 0.25) is 0 Å². The van der Waals surface area contributed by atoms with Crippen molar-refractivity contribution in [3.05, 3.63) is 0 Å². The van der Waals surface area contributed by atoms with Crippen molar-refractivity contribution < 1.29 is 13.2 Å². The highest BCUT2D eigenvalue weighted by Gasteiger charge is 2.39. The molecule has 0 aromatic carbocycles. The Morgan fingerprint density at radius 3 is 2.41 bits per heavy atom. The van der Waals surface area contributed by atoms with Crippen molar-refractivity contribution in [1.29, 1.82) is 0 Å². The van der Waals surface area contributed by atoms with E-state index in [1.807, 2.05) is 0 Å². The third-order valence-corrected chi connectivity index (χ3v) is 5.34. The van der Waals surface area contributed by atoms with Gasteiger partial charge in [-0.15, -0.1) is 0 Å². The molecular formula is C11H20N2O3S. The van der Waals surface area contributed by atoms with Gasteiger partial charge in [-0.2, -0.15) is 0 Å². The van der Waals surface area contributed by atoms with Crippen LogP contribution in [0.1, 0.15) is 32.1 Å². The molecule has 2 atom stereocenters. The van der Waals surface area contributed by atoms with Crippen molar-refractivity contribution in [2.24, 2.45) is 0 Å². The van der Waals surface area contributed by atoms with Crippen LogP contribution >= 0.6 is 0 Å². The molecule has 6 heteroatoms. The number of hydrogen-bond donors (Lipinski definition) is 1. The molecule has 2 rings (SSSR count). The molecule has 0 heterocycles. The quantitative estimate of drug-likeness (QED) is 0.814. The average molecular weight is 260 g/mol. The predicted octanol–water partition coefficient (Wildman–Crippen LogP) is 0.756. The van der Waals surface area contributed by atoms with Crippen molar-refractivity contribution in [3.8, 4) is 0 Å². The van der Waals surface area contributed by atoms with E-state index in [0.29, 0.717) is 12.5 Å². The highest BCUT2D eigenvalue weighted by atomic mass is 32.2. The SMILES string of the molecule is CN(C(=O)NC1CC1)C1CCCC1S(C)(=O)=O. The second kappa shape index (κ2) is 4.48. The minimum absolute atomic E-state index is 0.131. The minimum atomic E-state index is -3.06.